The molecule has 19 heavy (non-hydrogen) atoms. The summed E-state index contributed by atoms with van der Waals surface area (Å²) >= 11 is 1.41. The smallest absolute Gasteiger partial charge is 0.232 e. The van der Waals surface area contributed by atoms with Gasteiger partial charge in [0.05, 0.1) is 12.1 Å². The fraction of sp³-hybridized carbons (Fsp3) is 0.154. The summed E-state index contributed by atoms with van der Waals surface area (Å²) in [6.45, 7) is 0. The van der Waals surface area contributed by atoms with Gasteiger partial charge in [-0.25, -0.2) is 4.98 Å². The highest BCUT2D eigenvalue weighted by atomic mass is 32.1. The second-order valence-corrected chi connectivity index (χ2v) is 5.01. The zero-order chi connectivity index (χ0) is 13.1. The van der Waals surface area contributed by atoms with Crippen LogP contribution in [0.25, 0.3) is 0 Å². The van der Waals surface area contributed by atoms with Gasteiger partial charge in [-0.15, -0.1) is 11.3 Å². The Hall–Kier alpha value is -2.21. The van der Waals surface area contributed by atoms with Gasteiger partial charge < -0.3 is 10.3 Å². The van der Waals surface area contributed by atoms with Gasteiger partial charge in [-0.05, 0) is 5.56 Å². The largest absolute Gasteiger partial charge is 0.375 e. The first-order chi connectivity index (χ1) is 9.29. The van der Waals surface area contributed by atoms with Crippen molar-refractivity contribution in [2.24, 2.45) is 0 Å². The lowest BCUT2D eigenvalue weighted by atomic mass is 10.1. The number of thiazole rings is 1. The molecule has 3 rings (SSSR count). The van der Waals surface area contributed by atoms with Gasteiger partial charge >= 0.3 is 0 Å². The predicted octanol–water partition coefficient (Wildman–Crippen LogP) is 2.29. The summed E-state index contributed by atoms with van der Waals surface area (Å²) in [5.74, 6) is 1.25. The lowest BCUT2D eigenvalue weighted by molar-refractivity contribution is 0.379. The maximum atomic E-state index is 5.58. The van der Waals surface area contributed by atoms with Crippen molar-refractivity contribution in [3.63, 3.8) is 0 Å². The van der Waals surface area contributed by atoms with Crippen LogP contribution in [0.5, 0.6) is 0 Å². The number of nitrogens with zero attached hydrogens (tertiary/aromatic N) is 3. The van der Waals surface area contributed by atoms with Gasteiger partial charge in [-0.1, -0.05) is 35.5 Å². The minimum Gasteiger partial charge on any atom is -0.375 e. The van der Waals surface area contributed by atoms with Gasteiger partial charge in [0.15, 0.2) is 11.0 Å². The Morgan fingerprint density at radius 2 is 1.95 bits per heavy atom. The molecule has 0 radical (unpaired) electrons. The molecule has 1 aromatic carbocycles. The van der Waals surface area contributed by atoms with E-state index in [9.17, 15) is 0 Å². The quantitative estimate of drug-likeness (QED) is 0.788. The van der Waals surface area contributed by atoms with Crippen molar-refractivity contribution in [1.82, 2.24) is 15.1 Å². The summed E-state index contributed by atoms with van der Waals surface area (Å²) < 4.78 is 5.21. The van der Waals surface area contributed by atoms with Crippen molar-refractivity contribution in [2.75, 3.05) is 5.73 Å². The highest BCUT2D eigenvalue weighted by Crippen LogP contribution is 2.14. The molecule has 96 valence electrons. The molecule has 5 nitrogen and oxygen atoms in total. The Labute approximate surface area is 114 Å². The maximum absolute atomic E-state index is 5.58. The lowest BCUT2D eigenvalue weighted by Gasteiger charge is -1.93. The molecular weight excluding hydrogens is 260 g/mol. The number of aromatic nitrogens is 3. The Morgan fingerprint density at radius 1 is 1.11 bits per heavy atom. The van der Waals surface area contributed by atoms with Crippen LogP contribution in [0.3, 0.4) is 0 Å². The molecule has 2 N–H and O–H groups in total. The third kappa shape index (κ3) is 2.97. The molecule has 3 aromatic rings. The number of benzene rings is 1. The SMILES string of the molecule is Nc1nc(Cc2nc(Cc3ccccc3)no2)cs1. The van der Waals surface area contributed by atoms with E-state index in [2.05, 4.69) is 15.1 Å². The molecule has 0 fully saturated rings. The Morgan fingerprint density at radius 3 is 2.68 bits per heavy atom. The number of nitrogens with two attached hydrogens (primary N) is 1. The number of nitrogen functional groups attached to an aromatic ring is 1. The number of anilines is 1. The Kier molecular flexibility index (Phi) is 3.24. The van der Waals surface area contributed by atoms with Crippen molar-refractivity contribution in [1.29, 1.82) is 0 Å². The molecule has 0 saturated carbocycles. The van der Waals surface area contributed by atoms with Crippen LogP contribution in [0.1, 0.15) is 23.0 Å². The van der Waals surface area contributed by atoms with E-state index < -0.39 is 0 Å². The molecule has 0 spiro atoms. The molecule has 2 aromatic heterocycles. The summed E-state index contributed by atoms with van der Waals surface area (Å²) in [4.78, 5) is 8.52. The van der Waals surface area contributed by atoms with E-state index in [1.165, 1.54) is 11.3 Å². The van der Waals surface area contributed by atoms with Crippen LogP contribution < -0.4 is 5.73 Å². The van der Waals surface area contributed by atoms with E-state index in [1.54, 1.807) is 0 Å². The van der Waals surface area contributed by atoms with E-state index in [-0.39, 0.29) is 0 Å². The molecule has 2 heterocycles. The van der Waals surface area contributed by atoms with E-state index in [0.717, 1.165) is 11.3 Å². The van der Waals surface area contributed by atoms with Crippen LogP contribution in [-0.2, 0) is 12.8 Å². The molecule has 6 heteroatoms. The van der Waals surface area contributed by atoms with Gasteiger partial charge in [0.25, 0.3) is 0 Å². The van der Waals surface area contributed by atoms with Crippen molar-refractivity contribution < 1.29 is 4.52 Å². The second kappa shape index (κ2) is 5.19. The number of hydrogen-bond donors (Lipinski definition) is 1. The Bertz CT molecular complexity index is 662. The first-order valence-electron chi connectivity index (χ1n) is 5.85. The lowest BCUT2D eigenvalue weighted by Crippen LogP contribution is -1.93. The van der Waals surface area contributed by atoms with Gasteiger partial charge in [0.1, 0.15) is 0 Å². The molecule has 0 atom stereocenters. The van der Waals surface area contributed by atoms with Crippen LogP contribution in [0.2, 0.25) is 0 Å². The van der Waals surface area contributed by atoms with Crippen LogP contribution in [0.4, 0.5) is 5.13 Å². The molecule has 0 aliphatic rings. The second-order valence-electron chi connectivity index (χ2n) is 4.12. The van der Waals surface area contributed by atoms with Crippen LogP contribution in [0.15, 0.2) is 40.2 Å². The molecule has 0 aliphatic heterocycles. The minimum atomic E-state index is 0.523. The maximum Gasteiger partial charge on any atom is 0.232 e. The fourth-order valence-corrected chi connectivity index (χ4v) is 2.33. The highest BCUT2D eigenvalue weighted by Gasteiger charge is 2.09. The summed E-state index contributed by atoms with van der Waals surface area (Å²) in [6.07, 6.45) is 1.19. The first kappa shape index (κ1) is 11.9. The summed E-state index contributed by atoms with van der Waals surface area (Å²) in [5, 5.41) is 6.43. The predicted molar refractivity (Wildman–Crippen MR) is 72.9 cm³/mol. The van der Waals surface area contributed by atoms with Crippen molar-refractivity contribution in [3.8, 4) is 0 Å². The van der Waals surface area contributed by atoms with Crippen LogP contribution in [-0.4, -0.2) is 15.1 Å². The molecule has 0 bridgehead atoms. The topological polar surface area (TPSA) is 77.8 Å². The van der Waals surface area contributed by atoms with E-state index in [4.69, 9.17) is 10.3 Å². The molecular formula is C13H12N4OS. The average molecular weight is 272 g/mol. The third-order valence-corrected chi connectivity index (χ3v) is 3.34. The normalized spacial score (nSPS) is 10.7. The van der Waals surface area contributed by atoms with Gasteiger partial charge in [-0.3, -0.25) is 0 Å². The van der Waals surface area contributed by atoms with E-state index >= 15 is 0 Å². The number of hydrogen-bond acceptors (Lipinski definition) is 6. The summed E-state index contributed by atoms with van der Waals surface area (Å²) in [7, 11) is 0. The highest BCUT2D eigenvalue weighted by molar-refractivity contribution is 7.13. The van der Waals surface area contributed by atoms with Gasteiger partial charge in [0, 0.05) is 11.8 Å². The zero-order valence-electron chi connectivity index (χ0n) is 10.1. The van der Waals surface area contributed by atoms with Crippen LogP contribution in [0, 0.1) is 0 Å². The van der Waals surface area contributed by atoms with Crippen molar-refractivity contribution in [2.45, 2.75) is 12.8 Å². The van der Waals surface area contributed by atoms with Gasteiger partial charge in [0.2, 0.25) is 5.89 Å². The molecule has 0 aliphatic carbocycles. The Balaban J connectivity index is 1.69. The van der Waals surface area contributed by atoms with Crippen molar-refractivity contribution >= 4 is 16.5 Å². The number of rotatable bonds is 4. The zero-order valence-corrected chi connectivity index (χ0v) is 10.9. The third-order valence-electron chi connectivity index (χ3n) is 2.62. The molecule has 0 saturated heterocycles. The van der Waals surface area contributed by atoms with Crippen molar-refractivity contribution in [3.05, 3.63) is 58.7 Å². The van der Waals surface area contributed by atoms with Gasteiger partial charge in [-0.2, -0.15) is 4.98 Å². The summed E-state index contributed by atoms with van der Waals surface area (Å²) in [6, 6.07) is 10.1. The molecule has 0 unspecified atom stereocenters. The van der Waals surface area contributed by atoms with E-state index in [1.807, 2.05) is 35.7 Å². The fourth-order valence-electron chi connectivity index (χ4n) is 1.77. The molecule has 0 amide bonds. The standard InChI is InChI=1S/C13H12N4OS/c14-13-15-10(8-19-13)7-12-16-11(17-18-12)6-9-4-2-1-3-5-9/h1-5,8H,6-7H2,(H2,14,15). The first-order valence-corrected chi connectivity index (χ1v) is 6.73. The monoisotopic (exact) mass is 272 g/mol. The van der Waals surface area contributed by atoms with Crippen LogP contribution >= 0.6 is 11.3 Å². The minimum absolute atomic E-state index is 0.523. The summed E-state index contributed by atoms with van der Waals surface area (Å²) in [5.41, 5.74) is 7.60. The average Bonchev–Trinajstić information content (AvgIpc) is 3.01. The van der Waals surface area contributed by atoms with E-state index in [0.29, 0.717) is 29.7 Å².